The molecule has 0 saturated carbocycles. The lowest BCUT2D eigenvalue weighted by atomic mass is 10.1. The number of nitrogens with zero attached hydrogens (tertiary/aromatic N) is 1. The van der Waals surface area contributed by atoms with E-state index in [4.69, 9.17) is 9.84 Å². The summed E-state index contributed by atoms with van der Waals surface area (Å²) in [5.41, 5.74) is 0. The Morgan fingerprint density at radius 3 is 2.80 bits per heavy atom. The molecule has 15 heavy (non-hydrogen) atoms. The molecule has 1 heterocycles. The Morgan fingerprint density at radius 2 is 2.40 bits per heavy atom. The van der Waals surface area contributed by atoms with Gasteiger partial charge in [-0.05, 0) is 27.4 Å². The van der Waals surface area contributed by atoms with Crippen molar-refractivity contribution in [1.82, 2.24) is 10.2 Å². The average molecular weight is 216 g/mol. The van der Waals surface area contributed by atoms with Gasteiger partial charge in [-0.3, -0.25) is 9.69 Å². The van der Waals surface area contributed by atoms with E-state index in [1.165, 1.54) is 0 Å². The highest BCUT2D eigenvalue weighted by Gasteiger charge is 2.30. The average Bonchev–Trinajstić information content (AvgIpc) is 2.60. The number of rotatable bonds is 5. The standard InChI is InChI=1S/C10H20N2O3/c1-7-9(4-5-15-7)12(3)6-8(11-2)10(13)14/h7-9,11H,4-6H2,1-3H3,(H,13,14). The maximum absolute atomic E-state index is 10.8. The fourth-order valence-electron chi connectivity index (χ4n) is 2.02. The van der Waals surface area contributed by atoms with Crippen molar-refractivity contribution in [2.24, 2.45) is 0 Å². The smallest absolute Gasteiger partial charge is 0.322 e. The van der Waals surface area contributed by atoms with Gasteiger partial charge in [-0.15, -0.1) is 0 Å². The molecule has 5 nitrogen and oxygen atoms in total. The van der Waals surface area contributed by atoms with Crippen LogP contribution in [0.3, 0.4) is 0 Å². The molecule has 0 aromatic carbocycles. The lowest BCUT2D eigenvalue weighted by Gasteiger charge is -2.28. The quantitative estimate of drug-likeness (QED) is 0.664. The first-order valence-corrected chi connectivity index (χ1v) is 5.28. The van der Waals surface area contributed by atoms with E-state index >= 15 is 0 Å². The Morgan fingerprint density at radius 1 is 1.73 bits per heavy atom. The number of hydrogen-bond acceptors (Lipinski definition) is 4. The number of aliphatic carboxylic acids is 1. The van der Waals surface area contributed by atoms with Crippen molar-refractivity contribution in [3.05, 3.63) is 0 Å². The first kappa shape index (κ1) is 12.4. The van der Waals surface area contributed by atoms with Crippen LogP contribution >= 0.6 is 0 Å². The molecule has 3 unspecified atom stereocenters. The van der Waals surface area contributed by atoms with Gasteiger partial charge in [-0.25, -0.2) is 0 Å². The molecule has 1 aliphatic heterocycles. The van der Waals surface area contributed by atoms with Gasteiger partial charge in [0.05, 0.1) is 6.10 Å². The topological polar surface area (TPSA) is 61.8 Å². The third kappa shape index (κ3) is 3.15. The third-order valence-electron chi connectivity index (χ3n) is 3.02. The summed E-state index contributed by atoms with van der Waals surface area (Å²) < 4.78 is 5.45. The van der Waals surface area contributed by atoms with Gasteiger partial charge >= 0.3 is 5.97 Å². The number of nitrogens with one attached hydrogen (secondary N) is 1. The molecule has 0 radical (unpaired) electrons. The molecule has 1 aliphatic rings. The second-order valence-electron chi connectivity index (χ2n) is 4.05. The highest BCUT2D eigenvalue weighted by molar-refractivity contribution is 5.73. The number of likely N-dealkylation sites (N-methyl/N-ethyl adjacent to an activating group) is 2. The van der Waals surface area contributed by atoms with E-state index in [9.17, 15) is 4.79 Å². The second-order valence-corrected chi connectivity index (χ2v) is 4.05. The molecule has 3 atom stereocenters. The van der Waals surface area contributed by atoms with Gasteiger partial charge in [-0.2, -0.15) is 0 Å². The number of hydrogen-bond donors (Lipinski definition) is 2. The summed E-state index contributed by atoms with van der Waals surface area (Å²) >= 11 is 0. The third-order valence-corrected chi connectivity index (χ3v) is 3.02. The summed E-state index contributed by atoms with van der Waals surface area (Å²) in [6.45, 7) is 3.31. The van der Waals surface area contributed by atoms with E-state index < -0.39 is 12.0 Å². The van der Waals surface area contributed by atoms with E-state index in [-0.39, 0.29) is 6.10 Å². The molecule has 88 valence electrons. The molecular weight excluding hydrogens is 196 g/mol. The van der Waals surface area contributed by atoms with Crippen LogP contribution in [-0.4, -0.2) is 61.4 Å². The van der Waals surface area contributed by atoms with Crippen LogP contribution in [0, 0.1) is 0 Å². The maximum Gasteiger partial charge on any atom is 0.322 e. The fraction of sp³-hybridized carbons (Fsp3) is 0.900. The monoisotopic (exact) mass is 216 g/mol. The number of carboxylic acid groups (broad SMARTS) is 1. The Kier molecular flexibility index (Phi) is 4.50. The highest BCUT2D eigenvalue weighted by Crippen LogP contribution is 2.18. The number of carbonyl (C=O) groups is 1. The normalized spacial score (nSPS) is 28.3. The fourth-order valence-corrected chi connectivity index (χ4v) is 2.02. The minimum absolute atomic E-state index is 0.196. The molecule has 0 aliphatic carbocycles. The molecular formula is C10H20N2O3. The van der Waals surface area contributed by atoms with Crippen molar-refractivity contribution in [3.63, 3.8) is 0 Å². The molecule has 0 bridgehead atoms. The summed E-state index contributed by atoms with van der Waals surface area (Å²) in [4.78, 5) is 12.9. The van der Waals surface area contributed by atoms with Gasteiger partial charge in [0, 0.05) is 19.2 Å². The van der Waals surface area contributed by atoms with Crippen molar-refractivity contribution < 1.29 is 14.6 Å². The zero-order chi connectivity index (χ0) is 11.4. The van der Waals surface area contributed by atoms with Crippen molar-refractivity contribution in [1.29, 1.82) is 0 Å². The SMILES string of the molecule is CNC(CN(C)C1CCOC1C)C(=O)O. The van der Waals surface area contributed by atoms with E-state index in [1.807, 2.05) is 14.0 Å². The Balaban J connectivity index is 2.46. The number of carboxylic acids is 1. The van der Waals surface area contributed by atoms with Crippen LogP contribution < -0.4 is 5.32 Å². The van der Waals surface area contributed by atoms with Crippen LogP contribution in [0.1, 0.15) is 13.3 Å². The van der Waals surface area contributed by atoms with Gasteiger partial charge in [0.2, 0.25) is 0 Å². The maximum atomic E-state index is 10.8. The van der Waals surface area contributed by atoms with E-state index in [0.29, 0.717) is 12.6 Å². The van der Waals surface area contributed by atoms with Crippen LogP contribution in [0.25, 0.3) is 0 Å². The van der Waals surface area contributed by atoms with Crippen LogP contribution in [0.5, 0.6) is 0 Å². The van der Waals surface area contributed by atoms with Gasteiger partial charge in [0.25, 0.3) is 0 Å². The molecule has 1 fully saturated rings. The van der Waals surface area contributed by atoms with Crippen LogP contribution in [0.15, 0.2) is 0 Å². The van der Waals surface area contributed by atoms with Crippen molar-refractivity contribution in [2.45, 2.75) is 31.5 Å². The lowest BCUT2D eigenvalue weighted by molar-refractivity contribution is -0.140. The molecule has 0 amide bonds. The molecule has 0 aromatic rings. The summed E-state index contributed by atoms with van der Waals surface area (Å²) in [6, 6.07) is -0.178. The summed E-state index contributed by atoms with van der Waals surface area (Å²) in [5.74, 6) is -0.809. The minimum atomic E-state index is -0.809. The zero-order valence-corrected chi connectivity index (χ0v) is 9.56. The lowest BCUT2D eigenvalue weighted by Crippen LogP contribution is -2.48. The van der Waals surface area contributed by atoms with Crippen LogP contribution in [-0.2, 0) is 9.53 Å². The minimum Gasteiger partial charge on any atom is -0.480 e. The molecule has 1 saturated heterocycles. The summed E-state index contributed by atoms with van der Waals surface area (Å²) in [7, 11) is 3.62. The molecule has 5 heteroatoms. The van der Waals surface area contributed by atoms with Gasteiger partial charge in [0.15, 0.2) is 0 Å². The molecule has 1 rings (SSSR count). The first-order valence-electron chi connectivity index (χ1n) is 5.28. The largest absolute Gasteiger partial charge is 0.480 e. The van der Waals surface area contributed by atoms with E-state index in [2.05, 4.69) is 10.2 Å². The van der Waals surface area contributed by atoms with Gasteiger partial charge in [-0.1, -0.05) is 0 Å². The van der Waals surface area contributed by atoms with Crippen molar-refractivity contribution in [2.75, 3.05) is 27.2 Å². The van der Waals surface area contributed by atoms with Crippen molar-refractivity contribution >= 4 is 5.97 Å². The zero-order valence-electron chi connectivity index (χ0n) is 9.56. The van der Waals surface area contributed by atoms with E-state index in [1.54, 1.807) is 7.05 Å². The highest BCUT2D eigenvalue weighted by atomic mass is 16.5. The van der Waals surface area contributed by atoms with Gasteiger partial charge in [0.1, 0.15) is 6.04 Å². The van der Waals surface area contributed by atoms with Crippen LogP contribution in [0.4, 0.5) is 0 Å². The van der Waals surface area contributed by atoms with Crippen LogP contribution in [0.2, 0.25) is 0 Å². The second kappa shape index (κ2) is 5.44. The Bertz CT molecular complexity index is 223. The summed E-state index contributed by atoms with van der Waals surface area (Å²) in [5, 5.41) is 11.7. The number of ether oxygens (including phenoxy) is 1. The van der Waals surface area contributed by atoms with Crippen molar-refractivity contribution in [3.8, 4) is 0 Å². The molecule has 0 spiro atoms. The molecule has 0 aromatic heterocycles. The van der Waals surface area contributed by atoms with E-state index in [0.717, 1.165) is 13.0 Å². The Labute approximate surface area is 90.4 Å². The molecule has 2 N–H and O–H groups in total. The Hall–Kier alpha value is -0.650. The summed E-state index contributed by atoms with van der Waals surface area (Å²) in [6.07, 6.45) is 1.18. The first-order chi connectivity index (χ1) is 7.06. The predicted octanol–water partition coefficient (Wildman–Crippen LogP) is -0.232. The van der Waals surface area contributed by atoms with Gasteiger partial charge < -0.3 is 15.2 Å². The predicted molar refractivity (Wildman–Crippen MR) is 56.9 cm³/mol.